The normalized spacial score (nSPS) is 39.4. The van der Waals surface area contributed by atoms with E-state index in [1.54, 1.807) is 6.26 Å². The van der Waals surface area contributed by atoms with Crippen molar-refractivity contribution in [1.29, 1.82) is 0 Å². The summed E-state index contributed by atoms with van der Waals surface area (Å²) in [4.78, 5) is 0. The molecule has 56 valence electrons. The lowest BCUT2D eigenvalue weighted by molar-refractivity contribution is 0.299. The van der Waals surface area contributed by atoms with Crippen LogP contribution in [0.5, 0.6) is 0 Å². The Kier molecular flexibility index (Phi) is 2.43. The fraction of sp³-hybridized carbons (Fsp3) is 0.600. The van der Waals surface area contributed by atoms with Crippen molar-refractivity contribution >= 4 is 18.2 Å². The minimum absolute atomic E-state index is 0.245. The van der Waals surface area contributed by atoms with Gasteiger partial charge in [-0.05, 0) is 17.6 Å². The standard InChI is InChI=1S/C5H7O3PS/c1-3-5-4-7-9(6,8-5)10-2/h1,5H,4H2,2H3. The molecule has 2 atom stereocenters. The van der Waals surface area contributed by atoms with E-state index in [4.69, 9.17) is 15.5 Å². The lowest BCUT2D eigenvalue weighted by Gasteiger charge is -2.03. The predicted octanol–water partition coefficient (Wildman–Crippen LogP) is 1.51. The van der Waals surface area contributed by atoms with Gasteiger partial charge < -0.3 is 0 Å². The third kappa shape index (κ3) is 1.56. The molecule has 1 saturated heterocycles. The summed E-state index contributed by atoms with van der Waals surface area (Å²) < 4.78 is 20.9. The van der Waals surface area contributed by atoms with E-state index in [1.807, 2.05) is 0 Å². The lowest BCUT2D eigenvalue weighted by atomic mass is 10.4. The molecule has 1 aliphatic rings. The van der Waals surface area contributed by atoms with Gasteiger partial charge in [-0.15, -0.1) is 6.42 Å². The van der Waals surface area contributed by atoms with Crippen LogP contribution in [0.1, 0.15) is 0 Å². The molecule has 0 radical (unpaired) electrons. The third-order valence-electron chi connectivity index (χ3n) is 1.05. The molecule has 0 bridgehead atoms. The lowest BCUT2D eigenvalue weighted by Crippen LogP contribution is -2.03. The summed E-state index contributed by atoms with van der Waals surface area (Å²) in [7, 11) is 0. The van der Waals surface area contributed by atoms with E-state index in [9.17, 15) is 4.57 Å². The van der Waals surface area contributed by atoms with Gasteiger partial charge >= 0.3 is 6.80 Å². The van der Waals surface area contributed by atoms with Crippen LogP contribution in [0.3, 0.4) is 0 Å². The predicted molar refractivity (Wildman–Crippen MR) is 40.8 cm³/mol. The Bertz CT molecular complexity index is 209. The zero-order chi connectivity index (χ0) is 7.61. The maximum absolute atomic E-state index is 11.2. The molecule has 5 heteroatoms. The van der Waals surface area contributed by atoms with E-state index in [0.717, 1.165) is 11.4 Å². The first-order valence-electron chi connectivity index (χ1n) is 2.65. The van der Waals surface area contributed by atoms with Crippen LogP contribution in [0.15, 0.2) is 0 Å². The number of hydrogen-bond acceptors (Lipinski definition) is 4. The first-order valence-corrected chi connectivity index (χ1v) is 6.02. The molecule has 0 amide bonds. The second-order valence-corrected chi connectivity index (χ2v) is 5.85. The summed E-state index contributed by atoms with van der Waals surface area (Å²) in [6.07, 6.45) is 6.26. The third-order valence-corrected chi connectivity index (χ3v) is 4.39. The Balaban J connectivity index is 2.60. The van der Waals surface area contributed by atoms with Crippen molar-refractivity contribution in [2.24, 2.45) is 0 Å². The fourth-order valence-corrected chi connectivity index (χ4v) is 2.62. The highest BCUT2D eigenvalue weighted by Crippen LogP contribution is 2.63. The molecule has 0 saturated carbocycles. The van der Waals surface area contributed by atoms with Crippen molar-refractivity contribution < 1.29 is 13.6 Å². The Labute approximate surface area is 63.8 Å². The van der Waals surface area contributed by atoms with Gasteiger partial charge in [0.2, 0.25) is 0 Å². The first-order chi connectivity index (χ1) is 4.70. The van der Waals surface area contributed by atoms with Gasteiger partial charge in [-0.2, -0.15) is 0 Å². The molecular weight excluding hydrogens is 171 g/mol. The Morgan fingerprint density at radius 3 is 2.90 bits per heavy atom. The highest BCUT2D eigenvalue weighted by atomic mass is 32.7. The highest BCUT2D eigenvalue weighted by molar-refractivity contribution is 8.54. The second-order valence-electron chi connectivity index (χ2n) is 1.69. The van der Waals surface area contributed by atoms with E-state index < -0.39 is 12.9 Å². The molecule has 1 fully saturated rings. The van der Waals surface area contributed by atoms with Gasteiger partial charge in [-0.3, -0.25) is 9.05 Å². The summed E-state index contributed by atoms with van der Waals surface area (Å²) in [5, 5.41) is 0. The molecular formula is C5H7O3PS. The average molecular weight is 178 g/mol. The zero-order valence-electron chi connectivity index (χ0n) is 5.44. The molecule has 1 rings (SSSR count). The van der Waals surface area contributed by atoms with E-state index in [0.29, 0.717) is 0 Å². The molecule has 2 unspecified atom stereocenters. The van der Waals surface area contributed by atoms with Crippen LogP contribution in [0.2, 0.25) is 0 Å². The molecule has 0 aromatic heterocycles. The van der Waals surface area contributed by atoms with Gasteiger partial charge in [0.1, 0.15) is 0 Å². The Hall–Kier alpha value is 0.0600. The molecule has 0 aromatic carbocycles. The van der Waals surface area contributed by atoms with Crippen molar-refractivity contribution in [1.82, 2.24) is 0 Å². The summed E-state index contributed by atoms with van der Waals surface area (Å²) in [6, 6.07) is 0. The van der Waals surface area contributed by atoms with Crippen molar-refractivity contribution in [3.8, 4) is 12.3 Å². The van der Waals surface area contributed by atoms with Crippen LogP contribution in [-0.4, -0.2) is 19.0 Å². The van der Waals surface area contributed by atoms with Gasteiger partial charge in [-0.25, -0.2) is 4.57 Å². The number of rotatable bonds is 1. The Morgan fingerprint density at radius 2 is 2.60 bits per heavy atom. The summed E-state index contributed by atoms with van der Waals surface area (Å²) in [5.41, 5.74) is 0. The largest absolute Gasteiger partial charge is 0.390 e. The molecule has 0 spiro atoms. The van der Waals surface area contributed by atoms with Crippen molar-refractivity contribution in [2.45, 2.75) is 6.10 Å². The van der Waals surface area contributed by atoms with Crippen molar-refractivity contribution in [3.05, 3.63) is 0 Å². The quantitative estimate of drug-likeness (QED) is 0.450. The van der Waals surface area contributed by atoms with Gasteiger partial charge in [0.25, 0.3) is 0 Å². The number of terminal acetylenes is 1. The monoisotopic (exact) mass is 178 g/mol. The fourth-order valence-electron chi connectivity index (χ4n) is 0.550. The summed E-state index contributed by atoms with van der Waals surface area (Å²) in [6.45, 7) is -2.60. The van der Waals surface area contributed by atoms with Crippen LogP contribution >= 0.6 is 18.2 Å². The maximum Gasteiger partial charge on any atom is 0.390 e. The van der Waals surface area contributed by atoms with Gasteiger partial charge in [0.05, 0.1) is 6.61 Å². The van der Waals surface area contributed by atoms with E-state index in [-0.39, 0.29) is 6.61 Å². The minimum atomic E-state index is -2.85. The smallest absolute Gasteiger partial charge is 0.297 e. The van der Waals surface area contributed by atoms with Crippen molar-refractivity contribution in [2.75, 3.05) is 12.9 Å². The first kappa shape index (κ1) is 8.16. The molecule has 10 heavy (non-hydrogen) atoms. The van der Waals surface area contributed by atoms with Gasteiger partial charge in [0.15, 0.2) is 6.10 Å². The second kappa shape index (κ2) is 2.98. The van der Waals surface area contributed by atoms with E-state index in [1.165, 1.54) is 0 Å². The molecule has 3 nitrogen and oxygen atoms in total. The van der Waals surface area contributed by atoms with Gasteiger partial charge in [-0.1, -0.05) is 5.92 Å². The Morgan fingerprint density at radius 1 is 1.90 bits per heavy atom. The zero-order valence-corrected chi connectivity index (χ0v) is 7.15. The molecule has 0 N–H and O–H groups in total. The molecule has 1 aliphatic heterocycles. The SMILES string of the molecule is C#CC1COP(=O)(SC)O1. The van der Waals surface area contributed by atoms with Crippen LogP contribution < -0.4 is 0 Å². The van der Waals surface area contributed by atoms with Crippen LogP contribution in [0.4, 0.5) is 0 Å². The molecule has 0 aliphatic carbocycles. The minimum Gasteiger partial charge on any atom is -0.297 e. The summed E-state index contributed by atoms with van der Waals surface area (Å²) in [5.74, 6) is 2.32. The van der Waals surface area contributed by atoms with E-state index in [2.05, 4.69) is 5.92 Å². The van der Waals surface area contributed by atoms with Crippen LogP contribution in [0, 0.1) is 12.3 Å². The summed E-state index contributed by atoms with van der Waals surface area (Å²) >= 11 is 1.07. The molecule has 1 heterocycles. The average Bonchev–Trinajstić information content (AvgIpc) is 2.33. The topological polar surface area (TPSA) is 35.5 Å². The van der Waals surface area contributed by atoms with E-state index >= 15 is 0 Å². The molecule has 0 aromatic rings. The highest BCUT2D eigenvalue weighted by Gasteiger charge is 2.35. The van der Waals surface area contributed by atoms with Crippen LogP contribution in [-0.2, 0) is 13.6 Å². The maximum atomic E-state index is 11.2. The van der Waals surface area contributed by atoms with Crippen molar-refractivity contribution in [3.63, 3.8) is 0 Å². The van der Waals surface area contributed by atoms with Gasteiger partial charge in [0, 0.05) is 0 Å². The number of hydrogen-bond donors (Lipinski definition) is 0. The van der Waals surface area contributed by atoms with Crippen LogP contribution in [0.25, 0.3) is 0 Å².